The Morgan fingerprint density at radius 1 is 1.47 bits per heavy atom. The van der Waals surface area contributed by atoms with Crippen molar-refractivity contribution in [3.05, 3.63) is 29.3 Å². The molecule has 1 aromatic rings. The van der Waals surface area contributed by atoms with E-state index < -0.39 is 0 Å². The zero-order chi connectivity index (χ0) is 10.8. The van der Waals surface area contributed by atoms with Crippen LogP contribution in [0.4, 0.5) is 0 Å². The van der Waals surface area contributed by atoms with Crippen LogP contribution in [0.2, 0.25) is 0 Å². The monoisotopic (exact) mass is 199 g/mol. The van der Waals surface area contributed by atoms with E-state index in [-0.39, 0.29) is 5.91 Å². The van der Waals surface area contributed by atoms with Crippen molar-refractivity contribution in [2.75, 3.05) is 0 Å². The Hall–Kier alpha value is -1.25. The zero-order valence-corrected chi connectivity index (χ0v) is 8.92. The third-order valence-electron chi connectivity index (χ3n) is 2.98. The second kappa shape index (κ2) is 4.09. The largest absolute Gasteiger partial charge is 0.349 e. The molecule has 0 spiro atoms. The molecule has 1 aliphatic rings. The van der Waals surface area contributed by atoms with Gasteiger partial charge in [-0.2, -0.15) is 0 Å². The minimum absolute atomic E-state index is 0.00796. The van der Waals surface area contributed by atoms with Crippen LogP contribution in [0.1, 0.15) is 35.2 Å². The quantitative estimate of drug-likeness (QED) is 0.709. The number of carbonyl (C=O) groups is 1. The molecule has 0 unspecified atom stereocenters. The first kappa shape index (κ1) is 10.3. The first-order chi connectivity index (χ1) is 7.16. The summed E-state index contributed by atoms with van der Waals surface area (Å²) in [6.45, 7) is 1.93. The molecule has 2 nitrogen and oxygen atoms in total. The molecule has 0 bridgehead atoms. The van der Waals surface area contributed by atoms with Gasteiger partial charge in [0.15, 0.2) is 0 Å². The third-order valence-corrected chi connectivity index (χ3v) is 2.98. The van der Waals surface area contributed by atoms with Gasteiger partial charge in [-0.1, -0.05) is 23.2 Å². The van der Waals surface area contributed by atoms with Crippen LogP contribution in [0.3, 0.4) is 0 Å². The highest BCUT2D eigenvalue weighted by Crippen LogP contribution is 2.18. The van der Waals surface area contributed by atoms with E-state index in [9.17, 15) is 4.79 Å². The molecule has 1 amide bonds. The molecule has 0 heterocycles. The maximum Gasteiger partial charge on any atom is 0.251 e. The molecular formula is C12H14BNO. The first-order valence-electron chi connectivity index (χ1n) is 5.34. The maximum atomic E-state index is 11.7. The first-order valence-corrected chi connectivity index (χ1v) is 5.34. The number of amides is 1. The summed E-state index contributed by atoms with van der Waals surface area (Å²) >= 11 is 0. The van der Waals surface area contributed by atoms with Crippen molar-refractivity contribution >= 4 is 19.2 Å². The Labute approximate surface area is 91.5 Å². The standard InChI is InChI=1S/C12H14BNO/c1-8-5-6-9(7-11(8)13)12(15)14-10-3-2-4-10/h5-7,10H,2-4H2,1H3,(H,14,15). The van der Waals surface area contributed by atoms with Gasteiger partial charge in [-0.3, -0.25) is 4.79 Å². The Morgan fingerprint density at radius 2 is 2.20 bits per heavy atom. The van der Waals surface area contributed by atoms with E-state index >= 15 is 0 Å². The Kier molecular flexibility index (Phi) is 2.80. The van der Waals surface area contributed by atoms with E-state index in [0.29, 0.717) is 17.1 Å². The van der Waals surface area contributed by atoms with Gasteiger partial charge in [0.2, 0.25) is 0 Å². The molecule has 0 aliphatic heterocycles. The molecule has 15 heavy (non-hydrogen) atoms. The van der Waals surface area contributed by atoms with Gasteiger partial charge in [0.25, 0.3) is 5.91 Å². The number of hydrogen-bond donors (Lipinski definition) is 1. The molecule has 0 saturated heterocycles. The van der Waals surface area contributed by atoms with Crippen molar-refractivity contribution in [2.45, 2.75) is 32.2 Å². The number of carbonyl (C=O) groups excluding carboxylic acids is 1. The van der Waals surface area contributed by atoms with Crippen LogP contribution in [0.5, 0.6) is 0 Å². The summed E-state index contributed by atoms with van der Waals surface area (Å²) in [4.78, 5) is 11.7. The average Bonchev–Trinajstić information content (AvgIpc) is 2.15. The van der Waals surface area contributed by atoms with Crippen molar-refractivity contribution in [1.82, 2.24) is 5.32 Å². The number of rotatable bonds is 2. The fourth-order valence-electron chi connectivity index (χ4n) is 1.60. The van der Waals surface area contributed by atoms with Crippen molar-refractivity contribution in [2.24, 2.45) is 0 Å². The summed E-state index contributed by atoms with van der Waals surface area (Å²) in [5.41, 5.74) is 2.34. The van der Waals surface area contributed by atoms with Gasteiger partial charge in [-0.25, -0.2) is 0 Å². The normalized spacial score (nSPS) is 15.8. The fraction of sp³-hybridized carbons (Fsp3) is 0.417. The van der Waals surface area contributed by atoms with Crippen LogP contribution in [0.25, 0.3) is 0 Å². The van der Waals surface area contributed by atoms with Gasteiger partial charge in [0.05, 0.1) is 0 Å². The number of benzene rings is 1. The summed E-state index contributed by atoms with van der Waals surface area (Å²) in [6.07, 6.45) is 3.43. The zero-order valence-electron chi connectivity index (χ0n) is 8.92. The predicted octanol–water partition coefficient (Wildman–Crippen LogP) is 1.07. The Balaban J connectivity index is 2.07. The lowest BCUT2D eigenvalue weighted by Crippen LogP contribution is -2.39. The molecule has 1 aliphatic carbocycles. The molecule has 1 N–H and O–H groups in total. The summed E-state index contributed by atoms with van der Waals surface area (Å²) in [5.74, 6) is -0.00796. The molecule has 0 atom stereocenters. The van der Waals surface area contributed by atoms with Crippen LogP contribution in [-0.2, 0) is 0 Å². The molecule has 3 heteroatoms. The molecule has 2 rings (SSSR count). The lowest BCUT2D eigenvalue weighted by atomic mass is 9.89. The highest BCUT2D eigenvalue weighted by molar-refractivity contribution is 6.33. The molecule has 0 aromatic heterocycles. The second-order valence-electron chi connectivity index (χ2n) is 4.17. The molecule has 1 aromatic carbocycles. The van der Waals surface area contributed by atoms with Crippen LogP contribution in [-0.4, -0.2) is 19.8 Å². The van der Waals surface area contributed by atoms with Crippen LogP contribution < -0.4 is 10.8 Å². The Bertz CT molecular complexity index is 385. The van der Waals surface area contributed by atoms with E-state index in [4.69, 9.17) is 7.85 Å². The summed E-state index contributed by atoms with van der Waals surface area (Å²) in [5, 5.41) is 2.98. The van der Waals surface area contributed by atoms with Gasteiger partial charge >= 0.3 is 0 Å². The number of aryl methyl sites for hydroxylation is 1. The van der Waals surface area contributed by atoms with Gasteiger partial charge < -0.3 is 5.32 Å². The van der Waals surface area contributed by atoms with Gasteiger partial charge in [0.1, 0.15) is 7.85 Å². The fourth-order valence-corrected chi connectivity index (χ4v) is 1.60. The van der Waals surface area contributed by atoms with E-state index in [1.165, 1.54) is 6.42 Å². The van der Waals surface area contributed by atoms with E-state index in [1.54, 1.807) is 6.07 Å². The van der Waals surface area contributed by atoms with Crippen LogP contribution >= 0.6 is 0 Å². The number of hydrogen-bond acceptors (Lipinski definition) is 1. The van der Waals surface area contributed by atoms with Gasteiger partial charge in [0, 0.05) is 11.6 Å². The SMILES string of the molecule is [B]c1cc(C(=O)NC2CCC2)ccc1C. The summed E-state index contributed by atoms with van der Waals surface area (Å²) < 4.78 is 0. The molecule has 2 radical (unpaired) electrons. The van der Waals surface area contributed by atoms with Crippen LogP contribution in [0, 0.1) is 6.92 Å². The second-order valence-corrected chi connectivity index (χ2v) is 4.17. The molecule has 1 saturated carbocycles. The van der Waals surface area contributed by atoms with E-state index in [1.807, 2.05) is 19.1 Å². The predicted molar refractivity (Wildman–Crippen MR) is 61.7 cm³/mol. The van der Waals surface area contributed by atoms with Crippen molar-refractivity contribution in [3.63, 3.8) is 0 Å². The number of nitrogens with one attached hydrogen (secondary N) is 1. The van der Waals surface area contributed by atoms with Crippen LogP contribution in [0.15, 0.2) is 18.2 Å². The molecule has 76 valence electrons. The van der Waals surface area contributed by atoms with E-state index in [2.05, 4.69) is 5.32 Å². The van der Waals surface area contributed by atoms with Gasteiger partial charge in [-0.15, -0.1) is 0 Å². The minimum Gasteiger partial charge on any atom is -0.349 e. The minimum atomic E-state index is -0.00796. The highest BCUT2D eigenvalue weighted by atomic mass is 16.1. The lowest BCUT2D eigenvalue weighted by molar-refractivity contribution is 0.0917. The van der Waals surface area contributed by atoms with Crippen molar-refractivity contribution < 1.29 is 4.79 Å². The average molecular weight is 199 g/mol. The smallest absolute Gasteiger partial charge is 0.251 e. The van der Waals surface area contributed by atoms with Crippen molar-refractivity contribution in [1.29, 1.82) is 0 Å². The topological polar surface area (TPSA) is 29.1 Å². The van der Waals surface area contributed by atoms with Gasteiger partial charge in [-0.05, 0) is 32.3 Å². The maximum absolute atomic E-state index is 11.7. The lowest BCUT2D eigenvalue weighted by Gasteiger charge is -2.26. The summed E-state index contributed by atoms with van der Waals surface area (Å²) in [7, 11) is 5.76. The third kappa shape index (κ3) is 2.22. The molecular weight excluding hydrogens is 185 g/mol. The van der Waals surface area contributed by atoms with E-state index in [0.717, 1.165) is 18.4 Å². The highest BCUT2D eigenvalue weighted by Gasteiger charge is 2.19. The Morgan fingerprint density at radius 3 is 2.73 bits per heavy atom. The molecule has 1 fully saturated rings. The summed E-state index contributed by atoms with van der Waals surface area (Å²) in [6, 6.07) is 5.81. The van der Waals surface area contributed by atoms with Crippen molar-refractivity contribution in [3.8, 4) is 0 Å².